The number of likely N-dealkylation sites (tertiary alicyclic amines) is 1. The van der Waals surface area contributed by atoms with Gasteiger partial charge in [-0.1, -0.05) is 5.16 Å². The van der Waals surface area contributed by atoms with Crippen molar-refractivity contribution < 1.29 is 14.1 Å². The molecule has 2 aromatic heterocycles. The van der Waals surface area contributed by atoms with Gasteiger partial charge in [-0.3, -0.25) is 4.79 Å². The molecule has 134 valence electrons. The van der Waals surface area contributed by atoms with Crippen molar-refractivity contribution in [3.05, 3.63) is 35.7 Å². The lowest BCUT2D eigenvalue weighted by Crippen LogP contribution is -2.32. The zero-order valence-corrected chi connectivity index (χ0v) is 14.6. The summed E-state index contributed by atoms with van der Waals surface area (Å²) < 4.78 is 12.9. The second-order valence-electron chi connectivity index (χ2n) is 6.98. The topological polar surface area (TPSA) is 73.4 Å². The molecule has 0 aromatic carbocycles. The summed E-state index contributed by atoms with van der Waals surface area (Å²) in [5, 5.41) is 4.06. The number of rotatable bonds is 7. The third kappa shape index (κ3) is 3.61. The molecule has 2 fully saturated rings. The van der Waals surface area contributed by atoms with Crippen molar-refractivity contribution in [2.75, 3.05) is 19.8 Å². The van der Waals surface area contributed by atoms with E-state index in [1.54, 1.807) is 0 Å². The number of ether oxygens (including phenoxy) is 1. The van der Waals surface area contributed by atoms with E-state index in [-0.39, 0.29) is 11.9 Å². The van der Waals surface area contributed by atoms with Gasteiger partial charge in [0, 0.05) is 32.8 Å². The van der Waals surface area contributed by atoms with Crippen LogP contribution in [0.15, 0.2) is 22.9 Å². The number of aryl methyl sites for hydroxylation is 1. The molecular weight excluding hydrogens is 320 g/mol. The molecule has 1 saturated carbocycles. The third-order valence-corrected chi connectivity index (χ3v) is 4.97. The molecule has 0 radical (unpaired) electrons. The van der Waals surface area contributed by atoms with Crippen LogP contribution in [0.25, 0.3) is 0 Å². The van der Waals surface area contributed by atoms with E-state index in [2.05, 4.69) is 10.1 Å². The van der Waals surface area contributed by atoms with Gasteiger partial charge in [-0.15, -0.1) is 0 Å². The monoisotopic (exact) mass is 344 g/mol. The number of amides is 1. The van der Waals surface area contributed by atoms with E-state index in [0.29, 0.717) is 30.4 Å². The molecule has 4 rings (SSSR count). The van der Waals surface area contributed by atoms with Crippen LogP contribution in [0.4, 0.5) is 0 Å². The lowest BCUT2D eigenvalue weighted by Gasteiger charge is -2.22. The van der Waals surface area contributed by atoms with Crippen molar-refractivity contribution in [3.8, 4) is 0 Å². The Morgan fingerprint density at radius 2 is 2.28 bits per heavy atom. The van der Waals surface area contributed by atoms with Crippen LogP contribution in [0.3, 0.4) is 0 Å². The summed E-state index contributed by atoms with van der Waals surface area (Å²) in [4.78, 5) is 19.1. The average Bonchev–Trinajstić information content (AvgIpc) is 3.02. The zero-order chi connectivity index (χ0) is 17.2. The molecule has 0 spiro atoms. The van der Waals surface area contributed by atoms with Crippen molar-refractivity contribution in [2.24, 2.45) is 13.0 Å². The molecule has 1 saturated heterocycles. The summed E-state index contributed by atoms with van der Waals surface area (Å²) in [5.41, 5.74) is 0.681. The summed E-state index contributed by atoms with van der Waals surface area (Å²) in [7, 11) is 1.88. The normalized spacial score (nSPS) is 20.4. The van der Waals surface area contributed by atoms with Gasteiger partial charge in [0.15, 0.2) is 5.82 Å². The number of nitrogens with zero attached hydrogens (tertiary/aromatic N) is 4. The first-order valence-corrected chi connectivity index (χ1v) is 9.05. The first-order valence-electron chi connectivity index (χ1n) is 9.05. The molecule has 7 heteroatoms. The van der Waals surface area contributed by atoms with E-state index in [9.17, 15) is 4.79 Å². The Morgan fingerprint density at radius 1 is 1.40 bits per heavy atom. The summed E-state index contributed by atoms with van der Waals surface area (Å²) in [6.45, 7) is 2.18. The molecule has 2 aliphatic rings. The van der Waals surface area contributed by atoms with E-state index in [4.69, 9.17) is 9.26 Å². The van der Waals surface area contributed by atoms with E-state index < -0.39 is 0 Å². The maximum absolute atomic E-state index is 12.8. The van der Waals surface area contributed by atoms with Crippen molar-refractivity contribution in [1.29, 1.82) is 0 Å². The van der Waals surface area contributed by atoms with Crippen molar-refractivity contribution in [1.82, 2.24) is 19.6 Å². The van der Waals surface area contributed by atoms with Gasteiger partial charge in [0.2, 0.25) is 5.89 Å². The van der Waals surface area contributed by atoms with E-state index in [0.717, 1.165) is 31.9 Å². The molecule has 1 aliphatic heterocycles. The van der Waals surface area contributed by atoms with Crippen LogP contribution in [0.1, 0.15) is 53.9 Å². The molecule has 1 unspecified atom stereocenters. The number of hydrogen-bond acceptors (Lipinski definition) is 5. The highest BCUT2D eigenvalue weighted by Gasteiger charge is 2.35. The quantitative estimate of drug-likeness (QED) is 0.721. The predicted octanol–water partition coefficient (Wildman–Crippen LogP) is 2.35. The van der Waals surface area contributed by atoms with Gasteiger partial charge < -0.3 is 18.7 Å². The Kier molecular flexibility index (Phi) is 4.57. The standard InChI is InChI=1S/C18H24N4O3/c1-21-9-2-5-15(21)18(23)22-10-3-4-14(22)17-19-16(20-25-17)8-11-24-12-13-6-7-13/h2,5,9,13-14H,3-4,6-8,10-12H2,1H3. The summed E-state index contributed by atoms with van der Waals surface area (Å²) in [6.07, 6.45) is 6.91. The number of carbonyl (C=O) groups is 1. The van der Waals surface area contributed by atoms with Crippen LogP contribution in [0.2, 0.25) is 0 Å². The van der Waals surface area contributed by atoms with Crippen LogP contribution in [0, 0.1) is 5.92 Å². The van der Waals surface area contributed by atoms with Gasteiger partial charge in [-0.2, -0.15) is 4.98 Å². The largest absolute Gasteiger partial charge is 0.381 e. The van der Waals surface area contributed by atoms with Gasteiger partial charge in [-0.25, -0.2) is 0 Å². The molecule has 7 nitrogen and oxygen atoms in total. The number of carbonyl (C=O) groups excluding carboxylic acids is 1. The molecule has 0 bridgehead atoms. The highest BCUT2D eigenvalue weighted by Crippen LogP contribution is 2.32. The van der Waals surface area contributed by atoms with E-state index in [1.807, 2.05) is 34.8 Å². The second kappa shape index (κ2) is 7.00. The molecule has 0 N–H and O–H groups in total. The minimum atomic E-state index is -0.129. The summed E-state index contributed by atoms with van der Waals surface area (Å²) >= 11 is 0. The Labute approximate surface area is 146 Å². The summed E-state index contributed by atoms with van der Waals surface area (Å²) in [5.74, 6) is 1.97. The van der Waals surface area contributed by atoms with Crippen LogP contribution in [-0.4, -0.2) is 45.3 Å². The first kappa shape index (κ1) is 16.3. The lowest BCUT2D eigenvalue weighted by molar-refractivity contribution is 0.0700. The van der Waals surface area contributed by atoms with Crippen molar-refractivity contribution in [2.45, 2.75) is 38.1 Å². The van der Waals surface area contributed by atoms with Crippen LogP contribution >= 0.6 is 0 Å². The number of aromatic nitrogens is 3. The van der Waals surface area contributed by atoms with E-state index >= 15 is 0 Å². The van der Waals surface area contributed by atoms with Gasteiger partial charge in [0.05, 0.1) is 6.61 Å². The zero-order valence-electron chi connectivity index (χ0n) is 14.6. The minimum Gasteiger partial charge on any atom is -0.381 e. The Balaban J connectivity index is 1.38. The Hall–Kier alpha value is -2.15. The van der Waals surface area contributed by atoms with E-state index in [1.165, 1.54) is 12.8 Å². The van der Waals surface area contributed by atoms with Crippen LogP contribution < -0.4 is 0 Å². The second-order valence-corrected chi connectivity index (χ2v) is 6.98. The maximum Gasteiger partial charge on any atom is 0.271 e. The highest BCUT2D eigenvalue weighted by molar-refractivity contribution is 5.93. The predicted molar refractivity (Wildman–Crippen MR) is 90.0 cm³/mol. The van der Waals surface area contributed by atoms with Crippen LogP contribution in [-0.2, 0) is 18.2 Å². The van der Waals surface area contributed by atoms with Gasteiger partial charge in [0.1, 0.15) is 11.7 Å². The Bertz CT molecular complexity index is 734. The fourth-order valence-corrected chi connectivity index (χ4v) is 3.30. The smallest absolute Gasteiger partial charge is 0.271 e. The highest BCUT2D eigenvalue weighted by atomic mass is 16.5. The first-order chi connectivity index (χ1) is 12.2. The average molecular weight is 344 g/mol. The van der Waals surface area contributed by atoms with Gasteiger partial charge in [-0.05, 0) is 43.7 Å². The van der Waals surface area contributed by atoms with Gasteiger partial charge >= 0.3 is 0 Å². The maximum atomic E-state index is 12.8. The molecule has 1 amide bonds. The lowest BCUT2D eigenvalue weighted by atomic mass is 10.2. The third-order valence-electron chi connectivity index (χ3n) is 4.97. The molecule has 2 aromatic rings. The molecule has 1 aliphatic carbocycles. The minimum absolute atomic E-state index is 0.0162. The van der Waals surface area contributed by atoms with Gasteiger partial charge in [0.25, 0.3) is 5.91 Å². The van der Waals surface area contributed by atoms with Crippen LogP contribution in [0.5, 0.6) is 0 Å². The van der Waals surface area contributed by atoms with Crippen molar-refractivity contribution in [3.63, 3.8) is 0 Å². The molecular formula is C18H24N4O3. The Morgan fingerprint density at radius 3 is 3.04 bits per heavy atom. The summed E-state index contributed by atoms with van der Waals surface area (Å²) in [6, 6.07) is 3.59. The SMILES string of the molecule is Cn1cccc1C(=O)N1CCCC1c1nc(CCOCC2CC2)no1. The number of hydrogen-bond donors (Lipinski definition) is 0. The van der Waals surface area contributed by atoms with Crippen molar-refractivity contribution >= 4 is 5.91 Å². The molecule has 1 atom stereocenters. The molecule has 25 heavy (non-hydrogen) atoms. The fraction of sp³-hybridized carbons (Fsp3) is 0.611. The fourth-order valence-electron chi connectivity index (χ4n) is 3.30. The molecule has 3 heterocycles.